The van der Waals surface area contributed by atoms with Gasteiger partial charge in [-0.2, -0.15) is 0 Å². The van der Waals surface area contributed by atoms with E-state index in [9.17, 15) is 13.2 Å². The Hall–Kier alpha value is -1.96. The SMILES string of the molecule is O=C(C1=C(c2ccccc2)SCCO1)N(Cc1ccc(Cl)cc1)[C@@H]1CCS(=O)(=O)C1. The molecule has 1 amide bonds. The molecule has 2 heterocycles. The Morgan fingerprint density at radius 1 is 1.13 bits per heavy atom. The summed E-state index contributed by atoms with van der Waals surface area (Å²) in [5.74, 6) is 0.875. The van der Waals surface area contributed by atoms with Gasteiger partial charge in [0.15, 0.2) is 15.6 Å². The molecule has 0 bridgehead atoms. The maximum Gasteiger partial charge on any atom is 0.290 e. The number of carbonyl (C=O) groups excluding carboxylic acids is 1. The predicted molar refractivity (Wildman–Crippen MR) is 121 cm³/mol. The molecule has 0 N–H and O–H groups in total. The summed E-state index contributed by atoms with van der Waals surface area (Å²) in [5, 5.41) is 0.612. The van der Waals surface area contributed by atoms with Crippen molar-refractivity contribution in [3.8, 4) is 0 Å². The second-order valence-electron chi connectivity index (χ2n) is 7.34. The lowest BCUT2D eigenvalue weighted by Gasteiger charge is -2.31. The van der Waals surface area contributed by atoms with Crippen molar-refractivity contribution < 1.29 is 17.9 Å². The first-order chi connectivity index (χ1) is 14.4. The number of ether oxygens (including phenoxy) is 1. The molecule has 30 heavy (non-hydrogen) atoms. The summed E-state index contributed by atoms with van der Waals surface area (Å²) in [6.07, 6.45) is 0.433. The molecule has 5 nitrogen and oxygen atoms in total. The van der Waals surface area contributed by atoms with Crippen molar-refractivity contribution in [2.75, 3.05) is 23.9 Å². The van der Waals surface area contributed by atoms with Crippen LogP contribution in [0.15, 0.2) is 60.4 Å². The van der Waals surface area contributed by atoms with Crippen molar-refractivity contribution in [2.24, 2.45) is 0 Å². The molecule has 1 fully saturated rings. The van der Waals surface area contributed by atoms with Crippen molar-refractivity contribution in [3.05, 3.63) is 76.5 Å². The number of hydrogen-bond donors (Lipinski definition) is 0. The molecular formula is C22H22ClNO4S2. The highest BCUT2D eigenvalue weighted by Crippen LogP contribution is 2.36. The molecule has 8 heteroatoms. The number of rotatable bonds is 5. The van der Waals surface area contributed by atoms with Crippen LogP contribution in [0.3, 0.4) is 0 Å². The van der Waals surface area contributed by atoms with Gasteiger partial charge in [0, 0.05) is 23.4 Å². The van der Waals surface area contributed by atoms with Gasteiger partial charge < -0.3 is 9.64 Å². The van der Waals surface area contributed by atoms with Gasteiger partial charge in [0.05, 0.1) is 23.0 Å². The van der Waals surface area contributed by atoms with Crippen molar-refractivity contribution >= 4 is 44.0 Å². The monoisotopic (exact) mass is 463 g/mol. The summed E-state index contributed by atoms with van der Waals surface area (Å²) in [5.41, 5.74) is 1.82. The van der Waals surface area contributed by atoms with Gasteiger partial charge in [0.1, 0.15) is 0 Å². The molecule has 0 spiro atoms. The molecule has 1 atom stereocenters. The molecule has 2 aromatic carbocycles. The lowest BCUT2D eigenvalue weighted by Crippen LogP contribution is -2.42. The minimum absolute atomic E-state index is 0.0204. The van der Waals surface area contributed by atoms with Gasteiger partial charge in [0.25, 0.3) is 5.91 Å². The standard InChI is InChI=1S/C22H22ClNO4S2/c23-18-8-6-16(7-9-18)14-24(19-10-13-30(26,27)15-19)22(25)20-21(29-12-11-28-20)17-4-2-1-3-5-17/h1-9,19H,10-15H2/t19-/m1/s1. The van der Waals surface area contributed by atoms with Crippen molar-refractivity contribution in [2.45, 2.75) is 19.0 Å². The lowest BCUT2D eigenvalue weighted by atomic mass is 10.1. The Kier molecular flexibility index (Phi) is 6.41. The van der Waals surface area contributed by atoms with E-state index in [0.29, 0.717) is 30.4 Å². The molecule has 2 aliphatic rings. The summed E-state index contributed by atoms with van der Waals surface area (Å²) in [6.45, 7) is 0.746. The van der Waals surface area contributed by atoms with Gasteiger partial charge in [-0.3, -0.25) is 4.79 Å². The van der Waals surface area contributed by atoms with Crippen molar-refractivity contribution in [3.63, 3.8) is 0 Å². The average molecular weight is 464 g/mol. The number of halogens is 1. The lowest BCUT2D eigenvalue weighted by molar-refractivity contribution is -0.133. The minimum Gasteiger partial charge on any atom is -0.486 e. The normalized spacial score (nSPS) is 20.6. The van der Waals surface area contributed by atoms with E-state index in [1.54, 1.807) is 28.8 Å². The first-order valence-corrected chi connectivity index (χ1v) is 12.9. The number of benzene rings is 2. The molecule has 0 aromatic heterocycles. The highest BCUT2D eigenvalue weighted by atomic mass is 35.5. The number of thioether (sulfide) groups is 1. The first-order valence-electron chi connectivity index (χ1n) is 9.74. The third-order valence-corrected chi connectivity index (χ3v) is 8.27. The molecule has 0 saturated carbocycles. The Morgan fingerprint density at radius 3 is 2.53 bits per heavy atom. The van der Waals surface area contributed by atoms with E-state index in [2.05, 4.69) is 0 Å². The fourth-order valence-corrected chi connectivity index (χ4v) is 6.49. The van der Waals surface area contributed by atoms with Crippen LogP contribution in [0.4, 0.5) is 0 Å². The van der Waals surface area contributed by atoms with E-state index in [1.807, 2.05) is 42.5 Å². The fourth-order valence-electron chi connectivity index (χ4n) is 3.69. The average Bonchev–Trinajstić information content (AvgIpc) is 3.13. The summed E-state index contributed by atoms with van der Waals surface area (Å²) < 4.78 is 30.1. The zero-order chi connectivity index (χ0) is 21.1. The van der Waals surface area contributed by atoms with Crippen LogP contribution in [0.1, 0.15) is 17.5 Å². The first kappa shape index (κ1) is 21.3. The van der Waals surface area contributed by atoms with E-state index in [0.717, 1.165) is 21.8 Å². The predicted octanol–water partition coefficient (Wildman–Crippen LogP) is 3.99. The quantitative estimate of drug-likeness (QED) is 0.670. The second kappa shape index (κ2) is 9.04. The highest BCUT2D eigenvalue weighted by molar-refractivity contribution is 8.08. The van der Waals surface area contributed by atoms with Crippen LogP contribution < -0.4 is 0 Å². The van der Waals surface area contributed by atoms with Gasteiger partial charge in [0.2, 0.25) is 0 Å². The molecule has 2 aliphatic heterocycles. The smallest absolute Gasteiger partial charge is 0.290 e. The van der Waals surface area contributed by atoms with E-state index in [1.165, 1.54) is 0 Å². The number of nitrogens with zero attached hydrogens (tertiary/aromatic N) is 1. The largest absolute Gasteiger partial charge is 0.486 e. The maximum atomic E-state index is 13.7. The summed E-state index contributed by atoms with van der Waals surface area (Å²) in [6, 6.07) is 16.6. The number of carbonyl (C=O) groups is 1. The summed E-state index contributed by atoms with van der Waals surface area (Å²) in [7, 11) is -3.15. The molecule has 158 valence electrons. The van der Waals surface area contributed by atoms with E-state index >= 15 is 0 Å². The van der Waals surface area contributed by atoms with Crippen molar-refractivity contribution in [1.82, 2.24) is 4.90 Å². The van der Waals surface area contributed by atoms with Gasteiger partial charge in [-0.25, -0.2) is 8.42 Å². The molecule has 0 radical (unpaired) electrons. The molecular weight excluding hydrogens is 442 g/mol. The van der Waals surface area contributed by atoms with Gasteiger partial charge >= 0.3 is 0 Å². The van der Waals surface area contributed by atoms with Crippen LogP contribution in [-0.4, -0.2) is 49.1 Å². The van der Waals surface area contributed by atoms with E-state index in [4.69, 9.17) is 16.3 Å². The maximum absolute atomic E-state index is 13.7. The van der Waals surface area contributed by atoms with Crippen LogP contribution in [0.5, 0.6) is 0 Å². The Labute approximate surface area is 186 Å². The van der Waals surface area contributed by atoms with E-state index < -0.39 is 9.84 Å². The molecule has 4 rings (SSSR count). The Morgan fingerprint density at radius 2 is 1.87 bits per heavy atom. The Balaban J connectivity index is 1.70. The molecule has 2 aromatic rings. The van der Waals surface area contributed by atoms with Gasteiger partial charge in [-0.15, -0.1) is 11.8 Å². The van der Waals surface area contributed by atoms with Gasteiger partial charge in [-0.05, 0) is 29.7 Å². The zero-order valence-corrected chi connectivity index (χ0v) is 18.7. The highest BCUT2D eigenvalue weighted by Gasteiger charge is 2.37. The molecule has 0 aliphatic carbocycles. The van der Waals surface area contributed by atoms with Crippen LogP contribution in [-0.2, 0) is 25.9 Å². The number of amides is 1. The third-order valence-electron chi connectivity index (χ3n) is 5.19. The topological polar surface area (TPSA) is 63.7 Å². The number of sulfone groups is 1. The van der Waals surface area contributed by atoms with Crippen LogP contribution in [0.2, 0.25) is 5.02 Å². The fraction of sp³-hybridized carbons (Fsp3) is 0.318. The summed E-state index contributed by atoms with van der Waals surface area (Å²) in [4.78, 5) is 16.1. The summed E-state index contributed by atoms with van der Waals surface area (Å²) >= 11 is 7.59. The van der Waals surface area contributed by atoms with Crippen LogP contribution in [0.25, 0.3) is 4.91 Å². The second-order valence-corrected chi connectivity index (χ2v) is 11.1. The van der Waals surface area contributed by atoms with Gasteiger partial charge in [-0.1, -0.05) is 54.1 Å². The Bertz CT molecular complexity index is 1050. The van der Waals surface area contributed by atoms with Crippen LogP contribution in [0, 0.1) is 0 Å². The molecule has 0 unspecified atom stereocenters. The third kappa shape index (κ3) is 4.85. The number of hydrogen-bond acceptors (Lipinski definition) is 5. The van der Waals surface area contributed by atoms with Crippen LogP contribution >= 0.6 is 23.4 Å². The van der Waals surface area contributed by atoms with Crippen molar-refractivity contribution in [1.29, 1.82) is 0 Å². The minimum atomic E-state index is -3.15. The zero-order valence-electron chi connectivity index (χ0n) is 16.3. The molecule has 1 saturated heterocycles. The van der Waals surface area contributed by atoms with E-state index in [-0.39, 0.29) is 23.5 Å².